The quantitative estimate of drug-likeness (QED) is 0.608. The predicted octanol–water partition coefficient (Wildman–Crippen LogP) is 3.86. The molecule has 2 aliphatic heterocycles. The summed E-state index contributed by atoms with van der Waals surface area (Å²) in [5, 5.41) is 12.8. The van der Waals surface area contributed by atoms with Crippen molar-refractivity contribution in [2.45, 2.75) is 31.0 Å². The fourth-order valence-corrected chi connectivity index (χ4v) is 4.09. The molecule has 0 aromatic heterocycles. The lowest BCUT2D eigenvalue weighted by molar-refractivity contribution is -0.0507. The van der Waals surface area contributed by atoms with Crippen molar-refractivity contribution < 1.29 is 18.7 Å². The lowest BCUT2D eigenvalue weighted by atomic mass is 9.91. The zero-order chi connectivity index (χ0) is 17.6. The second-order valence-electron chi connectivity index (χ2n) is 6.00. The molecular weight excluding hydrogens is 396 g/mol. The van der Waals surface area contributed by atoms with Gasteiger partial charge in [-0.3, -0.25) is 4.99 Å². The number of fused-ring (bicyclic) bond motifs is 3. The van der Waals surface area contributed by atoms with Crippen LogP contribution in [0.1, 0.15) is 17.9 Å². The summed E-state index contributed by atoms with van der Waals surface area (Å²) in [6.45, 7) is -2.90. The van der Waals surface area contributed by atoms with E-state index in [1.807, 2.05) is 23.3 Å². The molecule has 2 heterocycles. The van der Waals surface area contributed by atoms with Crippen LogP contribution in [0.15, 0.2) is 57.2 Å². The summed E-state index contributed by atoms with van der Waals surface area (Å²) < 4.78 is 31.1. The molecule has 5 nitrogen and oxygen atoms in total. The van der Waals surface area contributed by atoms with Crippen LogP contribution in [-0.2, 0) is 0 Å². The second-order valence-corrected chi connectivity index (χ2v) is 6.91. The summed E-state index contributed by atoms with van der Waals surface area (Å²) in [6, 6.07) is 6.28. The fourth-order valence-electron chi connectivity index (χ4n) is 3.74. The molecule has 1 saturated carbocycles. The van der Waals surface area contributed by atoms with E-state index in [0.29, 0.717) is 17.7 Å². The number of amidine groups is 1. The van der Waals surface area contributed by atoms with E-state index < -0.39 is 6.61 Å². The minimum atomic E-state index is -2.90. The van der Waals surface area contributed by atoms with E-state index in [9.17, 15) is 14.0 Å². The number of hydrogen-bond donors (Lipinski definition) is 1. The van der Waals surface area contributed by atoms with Crippen LogP contribution in [0.2, 0.25) is 0 Å². The van der Waals surface area contributed by atoms with Crippen LogP contribution in [0, 0.1) is 0 Å². The Hall–Kier alpha value is -2.22. The molecule has 4 rings (SSSR count). The van der Waals surface area contributed by atoms with Crippen LogP contribution in [0.25, 0.3) is 0 Å². The number of allylic oxidation sites excluding steroid dienone is 2. The van der Waals surface area contributed by atoms with Crippen molar-refractivity contribution in [3.05, 3.63) is 52.7 Å². The Bertz CT molecular complexity index is 820. The van der Waals surface area contributed by atoms with Crippen LogP contribution in [0.3, 0.4) is 0 Å². The summed E-state index contributed by atoms with van der Waals surface area (Å²) in [5.41, 5.74) is 1.20. The first-order chi connectivity index (χ1) is 12.1. The molecule has 8 heteroatoms. The van der Waals surface area contributed by atoms with Crippen LogP contribution in [-0.4, -0.2) is 40.3 Å². The van der Waals surface area contributed by atoms with Crippen LogP contribution < -0.4 is 4.74 Å². The number of hydrogen-bond acceptors (Lipinski definition) is 5. The van der Waals surface area contributed by atoms with Gasteiger partial charge >= 0.3 is 6.61 Å². The maximum Gasteiger partial charge on any atom is 0.387 e. The number of para-hydroxylation sites is 1. The summed E-state index contributed by atoms with van der Waals surface area (Å²) in [6.07, 6.45) is 6.09. The molecule has 3 aliphatic rings. The maximum atomic E-state index is 12.8. The Labute approximate surface area is 151 Å². The van der Waals surface area contributed by atoms with Crippen LogP contribution in [0.4, 0.5) is 8.78 Å². The highest BCUT2D eigenvalue weighted by Crippen LogP contribution is 2.45. The van der Waals surface area contributed by atoms with E-state index in [-0.39, 0.29) is 23.8 Å². The lowest BCUT2D eigenvalue weighted by Crippen LogP contribution is -2.38. The van der Waals surface area contributed by atoms with Gasteiger partial charge in [-0.1, -0.05) is 23.4 Å². The van der Waals surface area contributed by atoms with Crippen molar-refractivity contribution in [2.24, 2.45) is 10.1 Å². The highest BCUT2D eigenvalue weighted by atomic mass is 79.9. The first-order valence-corrected chi connectivity index (χ1v) is 8.54. The van der Waals surface area contributed by atoms with Gasteiger partial charge in [-0.05, 0) is 34.1 Å². The molecule has 1 aromatic carbocycles. The number of ether oxygens (including phenoxy) is 1. The smallest absolute Gasteiger partial charge is 0.387 e. The minimum absolute atomic E-state index is 0.143. The standard InChI is InChI=1S/C17H14BrF2N3O2/c18-9-5-6-14-21-15-12(22-24)7-11(16(15)23(14)8-9)10-3-1-2-4-13(10)25-17(19)20/h1-6,8,11,15-17,24H,7H2/b22-12+. The average molecular weight is 410 g/mol. The predicted molar refractivity (Wildman–Crippen MR) is 92.7 cm³/mol. The molecule has 0 bridgehead atoms. The number of rotatable bonds is 3. The molecule has 0 amide bonds. The van der Waals surface area contributed by atoms with Crippen molar-refractivity contribution in [3.8, 4) is 5.75 Å². The average Bonchev–Trinajstić information content (AvgIpc) is 3.12. The molecule has 3 unspecified atom stereocenters. The number of aliphatic imine (C=N–C) groups is 1. The van der Waals surface area contributed by atoms with Crippen LogP contribution in [0.5, 0.6) is 5.75 Å². The van der Waals surface area contributed by atoms with Crippen molar-refractivity contribution >= 4 is 27.5 Å². The molecular formula is C17H14BrF2N3O2. The molecule has 1 N–H and O–H groups in total. The van der Waals surface area contributed by atoms with E-state index in [0.717, 1.165) is 10.3 Å². The maximum absolute atomic E-state index is 12.8. The number of oxime groups is 1. The summed E-state index contributed by atoms with van der Waals surface area (Å²) in [5.74, 6) is 0.718. The lowest BCUT2D eigenvalue weighted by Gasteiger charge is -2.30. The largest absolute Gasteiger partial charge is 0.435 e. The molecule has 1 aliphatic carbocycles. The van der Waals surface area contributed by atoms with Gasteiger partial charge in [0.05, 0.1) is 11.8 Å². The van der Waals surface area contributed by atoms with Gasteiger partial charge in [0.15, 0.2) is 0 Å². The van der Waals surface area contributed by atoms with E-state index in [2.05, 4.69) is 26.1 Å². The van der Waals surface area contributed by atoms with E-state index in [4.69, 9.17) is 4.74 Å². The van der Waals surface area contributed by atoms with E-state index in [1.165, 1.54) is 6.07 Å². The van der Waals surface area contributed by atoms with Crippen molar-refractivity contribution in [1.82, 2.24) is 4.90 Å². The molecule has 0 radical (unpaired) electrons. The van der Waals surface area contributed by atoms with Gasteiger partial charge < -0.3 is 14.8 Å². The van der Waals surface area contributed by atoms with Gasteiger partial charge in [0.2, 0.25) is 0 Å². The zero-order valence-electron chi connectivity index (χ0n) is 12.9. The van der Waals surface area contributed by atoms with Crippen molar-refractivity contribution in [3.63, 3.8) is 0 Å². The Kier molecular flexibility index (Phi) is 4.07. The summed E-state index contributed by atoms with van der Waals surface area (Å²) >= 11 is 3.45. The highest BCUT2D eigenvalue weighted by Gasteiger charge is 2.50. The second kappa shape index (κ2) is 6.25. The Morgan fingerprint density at radius 2 is 2.12 bits per heavy atom. The molecule has 0 spiro atoms. The molecule has 3 atom stereocenters. The zero-order valence-corrected chi connectivity index (χ0v) is 14.5. The number of halogens is 3. The topological polar surface area (TPSA) is 57.4 Å². The summed E-state index contributed by atoms with van der Waals surface area (Å²) in [4.78, 5) is 6.63. The van der Waals surface area contributed by atoms with Crippen molar-refractivity contribution in [1.29, 1.82) is 0 Å². The first-order valence-electron chi connectivity index (χ1n) is 7.74. The molecule has 130 valence electrons. The highest BCUT2D eigenvalue weighted by molar-refractivity contribution is 9.11. The van der Waals surface area contributed by atoms with Gasteiger partial charge in [0.1, 0.15) is 17.6 Å². The third-order valence-electron chi connectivity index (χ3n) is 4.68. The third kappa shape index (κ3) is 2.74. The normalized spacial score (nSPS) is 28.9. The molecule has 0 saturated heterocycles. The number of nitrogens with zero attached hydrogens (tertiary/aromatic N) is 3. The van der Waals surface area contributed by atoms with Crippen molar-refractivity contribution in [2.75, 3.05) is 0 Å². The Balaban J connectivity index is 1.76. The van der Waals surface area contributed by atoms with Crippen LogP contribution >= 0.6 is 15.9 Å². The molecule has 1 aromatic rings. The SMILES string of the molecule is O/N=C1\CC(c2ccccc2OC(F)F)C2C1N=C1C=CC(Br)=CN12. The minimum Gasteiger partial charge on any atom is -0.435 e. The van der Waals surface area contributed by atoms with Gasteiger partial charge in [0, 0.05) is 28.6 Å². The van der Waals surface area contributed by atoms with E-state index in [1.54, 1.807) is 18.2 Å². The fraction of sp³-hybridized carbons (Fsp3) is 0.294. The Morgan fingerprint density at radius 3 is 2.88 bits per heavy atom. The molecule has 1 fully saturated rings. The Morgan fingerprint density at radius 1 is 1.32 bits per heavy atom. The third-order valence-corrected chi connectivity index (χ3v) is 5.15. The van der Waals surface area contributed by atoms with Gasteiger partial charge in [-0.2, -0.15) is 8.78 Å². The number of benzene rings is 1. The number of alkyl halides is 2. The van der Waals surface area contributed by atoms with E-state index >= 15 is 0 Å². The monoisotopic (exact) mass is 409 g/mol. The van der Waals surface area contributed by atoms with Gasteiger partial charge in [-0.15, -0.1) is 0 Å². The van der Waals surface area contributed by atoms with Gasteiger partial charge in [0.25, 0.3) is 0 Å². The first kappa shape index (κ1) is 16.3. The molecule has 25 heavy (non-hydrogen) atoms. The summed E-state index contributed by atoms with van der Waals surface area (Å²) in [7, 11) is 0. The van der Waals surface area contributed by atoms with Gasteiger partial charge in [-0.25, -0.2) is 0 Å².